The first kappa shape index (κ1) is 55.0. The molecule has 344 valence electrons. The van der Waals surface area contributed by atoms with Crippen LogP contribution in [0.1, 0.15) is 86.5 Å². The molecule has 23 nitrogen and oxygen atoms in total. The lowest BCUT2D eigenvalue weighted by atomic mass is 10.0. The van der Waals surface area contributed by atoms with E-state index < -0.39 is 102 Å². The third-order valence-electron chi connectivity index (χ3n) is 8.80. The Kier molecular flexibility index (Phi) is 27.6. The van der Waals surface area contributed by atoms with Gasteiger partial charge in [0.1, 0.15) is 42.3 Å². The lowest BCUT2D eigenvalue weighted by Crippen LogP contribution is -2.60. The summed E-state index contributed by atoms with van der Waals surface area (Å²) in [5.41, 5.74) is 22.7. The van der Waals surface area contributed by atoms with E-state index >= 15 is 0 Å². The van der Waals surface area contributed by atoms with Crippen molar-refractivity contribution in [3.05, 3.63) is 0 Å². The van der Waals surface area contributed by atoms with Gasteiger partial charge in [0.25, 0.3) is 0 Å². The van der Waals surface area contributed by atoms with Crippen LogP contribution in [0.5, 0.6) is 0 Å². The highest BCUT2D eigenvalue weighted by Gasteiger charge is 2.33. The second-order valence-corrected chi connectivity index (χ2v) is 14.7. The standard InChI is InChI=1S/C37H71N13O10/c1-7-9-28(52)45-23(10-14-38)32(55)43-19-29(53)46-24(11-15-39)33(56)44-21(5)31(54)49-27(18-20(3)4)36(59)48-25(12-16-40)34(57)47-26(13-17-41)35(58)50-30(22(6)51)37(60)42-8-2/h20-27,30,51H,7-19,38-41H2,1-6H3,(H,42,60)(H,43,55)(H,44,56)(H,45,52)(H,46,53)(H,47,57)(H,48,59)(H,49,54)(H,50,58)/t21-,22-,23+,24+,25+,26+,27+,30+/m1/s1. The van der Waals surface area contributed by atoms with Gasteiger partial charge in [-0.3, -0.25) is 43.2 Å². The maximum absolute atomic E-state index is 13.6. The molecule has 0 aromatic heterocycles. The summed E-state index contributed by atoms with van der Waals surface area (Å²) in [6, 6.07) is -8.44. The van der Waals surface area contributed by atoms with Crippen molar-refractivity contribution in [2.45, 2.75) is 135 Å². The number of rotatable bonds is 30. The number of aliphatic hydroxyl groups is 1. The van der Waals surface area contributed by atoms with E-state index in [0.717, 1.165) is 0 Å². The van der Waals surface area contributed by atoms with E-state index in [4.69, 9.17) is 22.9 Å². The molecule has 0 rings (SSSR count). The van der Waals surface area contributed by atoms with E-state index in [0.29, 0.717) is 6.42 Å². The number of hydrogen-bond donors (Lipinski definition) is 14. The Labute approximate surface area is 351 Å². The minimum Gasteiger partial charge on any atom is -0.391 e. The van der Waals surface area contributed by atoms with Crippen LogP contribution in [0.4, 0.5) is 0 Å². The molecule has 0 heterocycles. The highest BCUT2D eigenvalue weighted by atomic mass is 16.3. The number of carbonyl (C=O) groups excluding carboxylic acids is 9. The summed E-state index contributed by atoms with van der Waals surface area (Å²) < 4.78 is 0. The van der Waals surface area contributed by atoms with Crippen molar-refractivity contribution < 1.29 is 48.3 Å². The molecule has 0 fully saturated rings. The first-order valence-electron chi connectivity index (χ1n) is 20.4. The van der Waals surface area contributed by atoms with E-state index in [1.807, 2.05) is 0 Å². The molecule has 0 aromatic carbocycles. The van der Waals surface area contributed by atoms with Crippen LogP contribution in [0.2, 0.25) is 0 Å². The van der Waals surface area contributed by atoms with Gasteiger partial charge in [0.15, 0.2) is 0 Å². The molecule has 60 heavy (non-hydrogen) atoms. The number of hydrogen-bond acceptors (Lipinski definition) is 14. The van der Waals surface area contributed by atoms with Gasteiger partial charge in [-0.1, -0.05) is 20.8 Å². The van der Waals surface area contributed by atoms with Crippen LogP contribution >= 0.6 is 0 Å². The van der Waals surface area contributed by atoms with Gasteiger partial charge in [0, 0.05) is 13.0 Å². The SMILES string of the molecule is CCCC(=O)N[C@@H](CCN)C(=O)NCC(=O)N[C@@H](CCN)C(=O)N[C@H](C)C(=O)N[C@@H](CC(C)C)C(=O)N[C@@H](CCN)C(=O)N[C@@H](CCN)C(=O)N[C@H](C(=O)NCC)[C@@H](C)O. The second kappa shape index (κ2) is 30.1. The maximum atomic E-state index is 13.6. The lowest BCUT2D eigenvalue weighted by Gasteiger charge is -2.28. The Morgan fingerprint density at radius 2 is 0.900 bits per heavy atom. The summed E-state index contributed by atoms with van der Waals surface area (Å²) in [6.07, 6.45) is -0.406. The fraction of sp³-hybridized carbons (Fsp3) is 0.757. The Balaban J connectivity index is 5.75. The van der Waals surface area contributed by atoms with Gasteiger partial charge in [0.05, 0.1) is 12.6 Å². The van der Waals surface area contributed by atoms with Gasteiger partial charge in [-0.2, -0.15) is 0 Å². The molecule has 9 amide bonds. The quantitative estimate of drug-likeness (QED) is 0.0320. The zero-order valence-corrected chi connectivity index (χ0v) is 35.8. The lowest BCUT2D eigenvalue weighted by molar-refractivity contribution is -0.136. The van der Waals surface area contributed by atoms with Crippen LogP contribution < -0.4 is 70.8 Å². The molecular formula is C37H71N13O10. The first-order chi connectivity index (χ1) is 28.3. The number of carbonyl (C=O) groups is 9. The summed E-state index contributed by atoms with van der Waals surface area (Å²) in [4.78, 5) is 117. The number of likely N-dealkylation sites (N-methyl/N-ethyl adjacent to an activating group) is 1. The van der Waals surface area contributed by atoms with Gasteiger partial charge in [-0.25, -0.2) is 0 Å². The number of nitrogens with one attached hydrogen (secondary N) is 9. The first-order valence-corrected chi connectivity index (χ1v) is 20.4. The maximum Gasteiger partial charge on any atom is 0.245 e. The Hall–Kier alpha value is -4.97. The van der Waals surface area contributed by atoms with Gasteiger partial charge in [-0.05, 0) is 91.4 Å². The van der Waals surface area contributed by atoms with Crippen molar-refractivity contribution in [1.82, 2.24) is 47.9 Å². The zero-order chi connectivity index (χ0) is 45.9. The molecule has 8 atom stereocenters. The number of aliphatic hydroxyl groups excluding tert-OH is 1. The summed E-state index contributed by atoms with van der Waals surface area (Å²) in [6.45, 7) is 9.40. The Bertz CT molecular complexity index is 1420. The van der Waals surface area contributed by atoms with Crippen molar-refractivity contribution in [3.8, 4) is 0 Å². The summed E-state index contributed by atoms with van der Waals surface area (Å²) in [7, 11) is 0. The Morgan fingerprint density at radius 1 is 0.483 bits per heavy atom. The van der Waals surface area contributed by atoms with Crippen LogP contribution in [0.15, 0.2) is 0 Å². The van der Waals surface area contributed by atoms with Gasteiger partial charge in [-0.15, -0.1) is 0 Å². The number of nitrogens with two attached hydrogens (primary N) is 4. The molecule has 18 N–H and O–H groups in total. The van der Waals surface area contributed by atoms with Crippen LogP contribution in [0.25, 0.3) is 0 Å². The van der Waals surface area contributed by atoms with Crippen LogP contribution in [-0.4, -0.2) is 146 Å². The molecule has 0 radical (unpaired) electrons. The molecule has 0 aliphatic heterocycles. The molecule has 0 saturated carbocycles. The molecule has 0 aromatic rings. The predicted octanol–water partition coefficient (Wildman–Crippen LogP) is -5.73. The van der Waals surface area contributed by atoms with Crippen molar-refractivity contribution in [1.29, 1.82) is 0 Å². The summed E-state index contributed by atoms with van der Waals surface area (Å²) >= 11 is 0. The Morgan fingerprint density at radius 3 is 1.35 bits per heavy atom. The van der Waals surface area contributed by atoms with Gasteiger partial charge < -0.3 is 75.9 Å². The van der Waals surface area contributed by atoms with E-state index in [2.05, 4.69) is 47.9 Å². The van der Waals surface area contributed by atoms with Crippen LogP contribution in [-0.2, 0) is 43.2 Å². The molecule has 0 spiro atoms. The normalized spacial score (nSPS) is 15.0. The molecular weight excluding hydrogens is 786 g/mol. The van der Waals surface area contributed by atoms with E-state index in [9.17, 15) is 48.3 Å². The molecule has 23 heteroatoms. The minimum absolute atomic E-state index is 0.0301. The largest absolute Gasteiger partial charge is 0.391 e. The zero-order valence-electron chi connectivity index (χ0n) is 35.8. The fourth-order valence-electron chi connectivity index (χ4n) is 5.64. The van der Waals surface area contributed by atoms with Crippen LogP contribution in [0, 0.1) is 5.92 Å². The van der Waals surface area contributed by atoms with Crippen LogP contribution in [0.3, 0.4) is 0 Å². The highest BCUT2D eigenvalue weighted by Crippen LogP contribution is 2.08. The smallest absolute Gasteiger partial charge is 0.245 e. The average Bonchev–Trinajstić information content (AvgIpc) is 3.17. The summed E-state index contributed by atoms with van der Waals surface area (Å²) in [5, 5.41) is 32.6. The second-order valence-electron chi connectivity index (χ2n) is 14.7. The van der Waals surface area contributed by atoms with Gasteiger partial charge >= 0.3 is 0 Å². The van der Waals surface area contributed by atoms with E-state index in [1.54, 1.807) is 27.7 Å². The average molecular weight is 858 g/mol. The summed E-state index contributed by atoms with van der Waals surface area (Å²) in [5.74, 6) is -6.42. The van der Waals surface area contributed by atoms with Crippen molar-refractivity contribution in [2.75, 3.05) is 39.3 Å². The predicted molar refractivity (Wildman–Crippen MR) is 222 cm³/mol. The van der Waals surface area contributed by atoms with Gasteiger partial charge in [0.2, 0.25) is 53.2 Å². The number of amides is 9. The third-order valence-corrected chi connectivity index (χ3v) is 8.80. The monoisotopic (exact) mass is 858 g/mol. The topological polar surface area (TPSA) is 386 Å². The minimum atomic E-state index is -1.32. The molecule has 0 saturated heterocycles. The van der Waals surface area contributed by atoms with E-state index in [-0.39, 0.29) is 83.1 Å². The molecule has 0 aliphatic rings. The fourth-order valence-corrected chi connectivity index (χ4v) is 5.64. The molecule has 0 aliphatic carbocycles. The molecule has 0 bridgehead atoms. The van der Waals surface area contributed by atoms with Crippen molar-refractivity contribution >= 4 is 53.2 Å². The van der Waals surface area contributed by atoms with E-state index in [1.165, 1.54) is 13.8 Å². The highest BCUT2D eigenvalue weighted by molar-refractivity contribution is 5.97. The van der Waals surface area contributed by atoms with Crippen molar-refractivity contribution in [3.63, 3.8) is 0 Å². The van der Waals surface area contributed by atoms with Crippen molar-refractivity contribution in [2.24, 2.45) is 28.9 Å². The third kappa shape index (κ3) is 21.3. The molecule has 0 unspecified atom stereocenters.